The molecule has 11 atom stereocenters. The molecule has 4 rings (SSSR count). The third kappa shape index (κ3) is 7.94. The maximum absolute atomic E-state index is 12.7. The molecular formula is C22H29N3O17P2. The first-order chi connectivity index (χ1) is 20.6. The van der Waals surface area contributed by atoms with Gasteiger partial charge in [-0.3, -0.25) is 28.2 Å². The molecule has 0 spiro atoms. The highest BCUT2D eigenvalue weighted by atomic mass is 31.3. The number of carbonyl (C=O) groups excluding carboxylic acids is 1. The zero-order valence-electron chi connectivity index (χ0n) is 22.2. The van der Waals surface area contributed by atoms with Gasteiger partial charge in [-0.15, -0.1) is 0 Å². The standard InChI is InChI=1S/C22H29N3O17P2/c26-8-11-15(28)17(30)14(24-19(32)10-4-2-1-3-5-10)21(40-11)41-44(36,37)42-43(34,35)38-9-12-16(29)18(31)20(39-12)25-7-6-13(27)23-22(25)33/h1-7,11-12,14-18,20-21,26,28-31H,8-9H2,(H,24,32)(H,34,35)(H,36,37)(H,23,27,33)/t11-,12-,14-,15+,16-,17-,18-,20-,21-/m1/s1. The molecule has 9 N–H and O–H groups in total. The lowest BCUT2D eigenvalue weighted by Crippen LogP contribution is -2.64. The Morgan fingerprint density at radius 1 is 0.932 bits per heavy atom. The first-order valence-electron chi connectivity index (χ1n) is 12.6. The number of nitrogens with one attached hydrogen (secondary N) is 2. The van der Waals surface area contributed by atoms with Crippen molar-refractivity contribution in [2.24, 2.45) is 0 Å². The highest BCUT2D eigenvalue weighted by Crippen LogP contribution is 2.61. The molecule has 1 amide bonds. The van der Waals surface area contributed by atoms with Crippen LogP contribution < -0.4 is 16.6 Å². The molecule has 2 fully saturated rings. The second-order valence-electron chi connectivity index (χ2n) is 9.56. The largest absolute Gasteiger partial charge is 0.483 e. The van der Waals surface area contributed by atoms with Gasteiger partial charge in [0, 0.05) is 17.8 Å². The number of ether oxygens (including phenoxy) is 2. The molecule has 2 aliphatic rings. The molecular weight excluding hydrogens is 640 g/mol. The van der Waals surface area contributed by atoms with Crippen molar-refractivity contribution in [3.63, 3.8) is 0 Å². The van der Waals surface area contributed by atoms with Gasteiger partial charge in [-0.1, -0.05) is 18.2 Å². The molecule has 22 heteroatoms. The van der Waals surface area contributed by atoms with E-state index in [9.17, 15) is 58.8 Å². The van der Waals surface area contributed by atoms with Gasteiger partial charge in [0.05, 0.1) is 13.2 Å². The van der Waals surface area contributed by atoms with E-state index >= 15 is 0 Å². The Labute approximate surface area is 246 Å². The molecule has 44 heavy (non-hydrogen) atoms. The van der Waals surface area contributed by atoms with Crippen molar-refractivity contribution >= 4 is 21.6 Å². The smallest absolute Gasteiger partial charge is 0.394 e. The number of nitrogens with zero attached hydrogens (tertiary/aromatic N) is 1. The fraction of sp³-hybridized carbons (Fsp3) is 0.500. The first kappa shape index (κ1) is 34.2. The lowest BCUT2D eigenvalue weighted by molar-refractivity contribution is -0.246. The number of rotatable bonds is 11. The molecule has 0 aliphatic carbocycles. The third-order valence-electron chi connectivity index (χ3n) is 6.52. The zero-order valence-corrected chi connectivity index (χ0v) is 24.0. The Balaban J connectivity index is 1.42. The highest BCUT2D eigenvalue weighted by Gasteiger charge is 2.50. The summed E-state index contributed by atoms with van der Waals surface area (Å²) >= 11 is 0. The van der Waals surface area contributed by atoms with Crippen molar-refractivity contribution in [1.29, 1.82) is 0 Å². The van der Waals surface area contributed by atoms with E-state index in [0.29, 0.717) is 0 Å². The van der Waals surface area contributed by atoms with E-state index in [1.165, 1.54) is 24.3 Å². The molecule has 2 unspecified atom stereocenters. The monoisotopic (exact) mass is 669 g/mol. The molecule has 2 aromatic rings. The van der Waals surface area contributed by atoms with Gasteiger partial charge in [0.25, 0.3) is 11.5 Å². The van der Waals surface area contributed by atoms with Crippen molar-refractivity contribution in [3.05, 3.63) is 69.0 Å². The van der Waals surface area contributed by atoms with E-state index in [1.807, 2.05) is 4.98 Å². The Kier molecular flexibility index (Phi) is 10.7. The molecule has 0 radical (unpaired) electrons. The van der Waals surface area contributed by atoms with Crippen LogP contribution in [0.1, 0.15) is 16.6 Å². The number of phosphoric ester groups is 2. The van der Waals surface area contributed by atoms with E-state index < -0.39 is 101 Å². The average Bonchev–Trinajstić information content (AvgIpc) is 3.24. The summed E-state index contributed by atoms with van der Waals surface area (Å²) in [5.41, 5.74) is -1.69. The van der Waals surface area contributed by atoms with E-state index in [1.54, 1.807) is 6.07 Å². The summed E-state index contributed by atoms with van der Waals surface area (Å²) in [5.74, 6) is -0.842. The van der Waals surface area contributed by atoms with Gasteiger partial charge in [-0.2, -0.15) is 4.31 Å². The Hall–Kier alpha value is -2.65. The SMILES string of the molecule is O=C(N[C@H]1[C@@H](OP(=O)(O)OP(=O)(O)OC[C@H]2O[C@@H](n3ccc(=O)[nH]c3=O)[C@H](O)[C@@H]2O)O[C@H](CO)[C@H](O)[C@@H]1O)c1ccccc1. The fourth-order valence-electron chi connectivity index (χ4n) is 4.35. The van der Waals surface area contributed by atoms with Crippen molar-refractivity contribution in [3.8, 4) is 0 Å². The molecule has 2 saturated heterocycles. The van der Waals surface area contributed by atoms with Crippen LogP contribution in [0.5, 0.6) is 0 Å². The Bertz CT molecular complexity index is 1520. The van der Waals surface area contributed by atoms with Gasteiger partial charge in [-0.25, -0.2) is 13.9 Å². The molecule has 0 bridgehead atoms. The van der Waals surface area contributed by atoms with Gasteiger partial charge in [0.15, 0.2) is 12.5 Å². The molecule has 0 saturated carbocycles. The number of aliphatic hydroxyl groups excluding tert-OH is 5. The van der Waals surface area contributed by atoms with Crippen LogP contribution in [0.25, 0.3) is 0 Å². The third-order valence-corrected chi connectivity index (χ3v) is 9.12. The van der Waals surface area contributed by atoms with Gasteiger partial charge in [0.2, 0.25) is 0 Å². The molecule has 2 aliphatic heterocycles. The number of hydrogen-bond donors (Lipinski definition) is 9. The van der Waals surface area contributed by atoms with E-state index in [2.05, 4.69) is 14.2 Å². The van der Waals surface area contributed by atoms with Crippen LogP contribution in [0.2, 0.25) is 0 Å². The van der Waals surface area contributed by atoms with E-state index in [4.69, 9.17) is 14.0 Å². The van der Waals surface area contributed by atoms with E-state index in [0.717, 1.165) is 16.8 Å². The topological polar surface area (TPSA) is 306 Å². The normalized spacial score (nSPS) is 33.3. The summed E-state index contributed by atoms with van der Waals surface area (Å²) in [4.78, 5) is 58.1. The van der Waals surface area contributed by atoms with Gasteiger partial charge in [-0.05, 0) is 12.1 Å². The Morgan fingerprint density at radius 3 is 2.23 bits per heavy atom. The second-order valence-corrected chi connectivity index (χ2v) is 12.6. The maximum Gasteiger partial charge on any atom is 0.483 e. The molecule has 1 aromatic carbocycles. The van der Waals surface area contributed by atoms with Crippen molar-refractivity contribution in [1.82, 2.24) is 14.9 Å². The minimum Gasteiger partial charge on any atom is -0.394 e. The number of H-pyrrole nitrogens is 1. The summed E-state index contributed by atoms with van der Waals surface area (Å²) in [6, 6.07) is 6.57. The minimum absolute atomic E-state index is 0.0722. The van der Waals surface area contributed by atoms with Crippen LogP contribution >= 0.6 is 15.6 Å². The fourth-order valence-corrected chi connectivity index (χ4v) is 6.51. The van der Waals surface area contributed by atoms with Crippen molar-refractivity contribution in [2.45, 2.75) is 55.2 Å². The van der Waals surface area contributed by atoms with Gasteiger partial charge >= 0.3 is 21.3 Å². The molecule has 244 valence electrons. The molecule has 3 heterocycles. The van der Waals surface area contributed by atoms with Gasteiger partial charge in [0.1, 0.15) is 42.7 Å². The predicted octanol–water partition coefficient (Wildman–Crippen LogP) is -3.36. The first-order valence-corrected chi connectivity index (χ1v) is 15.6. The number of carbonyl (C=O) groups is 1. The summed E-state index contributed by atoms with van der Waals surface area (Å²) in [7, 11) is -11.3. The van der Waals surface area contributed by atoms with Crippen LogP contribution in [0, 0.1) is 0 Å². The van der Waals surface area contributed by atoms with Crippen LogP contribution in [0.15, 0.2) is 52.2 Å². The summed E-state index contributed by atoms with van der Waals surface area (Å²) in [6.45, 7) is -1.97. The quantitative estimate of drug-likeness (QED) is 0.106. The van der Waals surface area contributed by atoms with Crippen LogP contribution in [0.4, 0.5) is 0 Å². The molecule has 1 aromatic heterocycles. The number of benzene rings is 1. The second kappa shape index (κ2) is 13.8. The van der Waals surface area contributed by atoms with Crippen LogP contribution in [-0.4, -0.2) is 113 Å². The number of phosphoric acid groups is 2. The summed E-state index contributed by atoms with van der Waals surface area (Å²) < 4.78 is 50.1. The maximum atomic E-state index is 12.7. The molecule has 20 nitrogen and oxygen atoms in total. The highest BCUT2D eigenvalue weighted by molar-refractivity contribution is 7.61. The lowest BCUT2D eigenvalue weighted by Gasteiger charge is -2.42. The van der Waals surface area contributed by atoms with Crippen LogP contribution in [0.3, 0.4) is 0 Å². The van der Waals surface area contributed by atoms with Crippen molar-refractivity contribution < 1.29 is 72.1 Å². The van der Waals surface area contributed by atoms with Gasteiger partial charge < -0.3 is 50.1 Å². The summed E-state index contributed by atoms with van der Waals surface area (Å²) in [6.07, 6.45) is -13.3. The van der Waals surface area contributed by atoms with Crippen molar-refractivity contribution in [2.75, 3.05) is 13.2 Å². The average molecular weight is 669 g/mol. The number of aromatic amines is 1. The number of aliphatic hydroxyl groups is 5. The number of hydrogen-bond acceptors (Lipinski definition) is 15. The lowest BCUT2D eigenvalue weighted by atomic mass is 9.97. The minimum atomic E-state index is -5.70. The zero-order chi connectivity index (χ0) is 32.4. The Morgan fingerprint density at radius 2 is 1.59 bits per heavy atom. The number of amides is 1. The predicted molar refractivity (Wildman–Crippen MR) is 140 cm³/mol. The van der Waals surface area contributed by atoms with E-state index in [-0.39, 0.29) is 5.56 Å². The van der Waals surface area contributed by atoms with Crippen LogP contribution in [-0.2, 0) is 32.0 Å². The summed E-state index contributed by atoms with van der Waals surface area (Å²) in [5, 5.41) is 53.0. The number of aromatic nitrogens is 2.